The first kappa shape index (κ1) is 18.6. The molecule has 0 amide bonds. The van der Waals surface area contributed by atoms with Crippen molar-refractivity contribution in [2.45, 2.75) is 31.7 Å². The van der Waals surface area contributed by atoms with Crippen LogP contribution in [0, 0.1) is 5.82 Å². The summed E-state index contributed by atoms with van der Waals surface area (Å²) in [6.07, 6.45) is 0. The van der Waals surface area contributed by atoms with Crippen molar-refractivity contribution < 1.29 is 12.8 Å². The molecule has 1 aromatic carbocycles. The average Bonchev–Trinajstić information content (AvgIpc) is 2.32. The lowest BCUT2D eigenvalue weighted by Crippen LogP contribution is -2.55. The van der Waals surface area contributed by atoms with Crippen molar-refractivity contribution in [1.82, 2.24) is 9.62 Å². The first-order valence-electron chi connectivity index (χ1n) is 6.46. The zero-order chi connectivity index (χ0) is 14.9. The minimum atomic E-state index is -3.42. The lowest BCUT2D eigenvalue weighted by atomic mass is 10.2. The Morgan fingerprint density at radius 1 is 1.33 bits per heavy atom. The molecule has 120 valence electrons. The normalized spacial score (nSPS) is 23.6. The molecule has 2 unspecified atom stereocenters. The number of halogens is 3. The Morgan fingerprint density at radius 2 is 1.90 bits per heavy atom. The number of rotatable bonds is 3. The minimum absolute atomic E-state index is 0. The maximum absolute atomic E-state index is 13.1. The summed E-state index contributed by atoms with van der Waals surface area (Å²) in [7, 11) is -3.42. The number of hydrogen-bond donors (Lipinski definition) is 1. The van der Waals surface area contributed by atoms with E-state index < -0.39 is 15.8 Å². The van der Waals surface area contributed by atoms with Gasteiger partial charge in [0.05, 0.1) is 10.8 Å². The monoisotopic (exact) mass is 356 g/mol. The smallest absolute Gasteiger partial charge is 0.218 e. The van der Waals surface area contributed by atoms with Gasteiger partial charge in [0.15, 0.2) is 0 Å². The van der Waals surface area contributed by atoms with Gasteiger partial charge in [0, 0.05) is 25.2 Å². The van der Waals surface area contributed by atoms with Crippen LogP contribution in [-0.2, 0) is 15.8 Å². The third kappa shape index (κ3) is 4.79. The number of nitrogens with one attached hydrogen (secondary N) is 1. The highest BCUT2D eigenvalue weighted by Gasteiger charge is 2.30. The van der Waals surface area contributed by atoms with E-state index in [0.717, 1.165) is 0 Å². The van der Waals surface area contributed by atoms with Crippen molar-refractivity contribution in [3.63, 3.8) is 0 Å². The second-order valence-corrected chi connectivity index (χ2v) is 7.67. The van der Waals surface area contributed by atoms with E-state index in [2.05, 4.69) is 5.32 Å². The molecule has 1 aliphatic heterocycles. The molecule has 8 heteroatoms. The Labute approximate surface area is 136 Å². The summed E-state index contributed by atoms with van der Waals surface area (Å²) in [5.41, 5.74) is 0.496. The van der Waals surface area contributed by atoms with E-state index in [9.17, 15) is 12.8 Å². The molecule has 0 saturated carbocycles. The second kappa shape index (κ2) is 7.24. The Hall–Kier alpha value is -0.400. The highest BCUT2D eigenvalue weighted by atomic mass is 35.5. The van der Waals surface area contributed by atoms with Crippen molar-refractivity contribution in [2.24, 2.45) is 0 Å². The molecule has 0 spiro atoms. The molecule has 1 aliphatic rings. The van der Waals surface area contributed by atoms with Gasteiger partial charge < -0.3 is 5.32 Å². The highest BCUT2D eigenvalue weighted by molar-refractivity contribution is 7.88. The van der Waals surface area contributed by atoms with Gasteiger partial charge in [-0.15, -0.1) is 12.4 Å². The van der Waals surface area contributed by atoms with Crippen LogP contribution in [-0.4, -0.2) is 37.9 Å². The number of hydrogen-bond acceptors (Lipinski definition) is 3. The van der Waals surface area contributed by atoms with Gasteiger partial charge in [-0.25, -0.2) is 12.8 Å². The number of piperazine rings is 1. The van der Waals surface area contributed by atoms with Gasteiger partial charge in [-0.05, 0) is 31.5 Å². The molecule has 2 atom stereocenters. The predicted molar refractivity (Wildman–Crippen MR) is 84.9 cm³/mol. The lowest BCUT2D eigenvalue weighted by molar-refractivity contribution is 0.262. The van der Waals surface area contributed by atoms with Crippen LogP contribution < -0.4 is 5.32 Å². The molecular formula is C13H19Cl2FN2O2S. The first-order chi connectivity index (χ1) is 9.28. The molecule has 1 heterocycles. The van der Waals surface area contributed by atoms with Gasteiger partial charge in [-0.3, -0.25) is 0 Å². The fourth-order valence-electron chi connectivity index (χ4n) is 2.44. The Balaban J connectivity index is 0.00000220. The zero-order valence-corrected chi connectivity index (χ0v) is 14.2. The summed E-state index contributed by atoms with van der Waals surface area (Å²) in [5.74, 6) is -0.705. The molecule has 4 nitrogen and oxygen atoms in total. The van der Waals surface area contributed by atoms with Gasteiger partial charge in [-0.2, -0.15) is 4.31 Å². The number of sulfonamides is 1. The minimum Gasteiger partial charge on any atom is -0.309 e. The van der Waals surface area contributed by atoms with Crippen LogP contribution in [0.2, 0.25) is 5.02 Å². The fraction of sp³-hybridized carbons (Fsp3) is 0.538. The van der Waals surface area contributed by atoms with E-state index in [-0.39, 0.29) is 35.3 Å². The van der Waals surface area contributed by atoms with Gasteiger partial charge in [0.2, 0.25) is 10.0 Å². The fourth-order valence-corrected chi connectivity index (χ4v) is 4.32. The van der Waals surface area contributed by atoms with Crippen LogP contribution in [0.5, 0.6) is 0 Å². The second-order valence-electron chi connectivity index (χ2n) is 5.29. The zero-order valence-electron chi connectivity index (χ0n) is 11.8. The molecule has 1 aromatic rings. The van der Waals surface area contributed by atoms with E-state index >= 15 is 0 Å². The van der Waals surface area contributed by atoms with Crippen molar-refractivity contribution in [3.05, 3.63) is 34.6 Å². The van der Waals surface area contributed by atoms with Gasteiger partial charge in [0.25, 0.3) is 0 Å². The lowest BCUT2D eigenvalue weighted by Gasteiger charge is -2.35. The van der Waals surface area contributed by atoms with Crippen LogP contribution in [0.3, 0.4) is 0 Å². The molecule has 1 N–H and O–H groups in total. The maximum atomic E-state index is 13.1. The van der Waals surface area contributed by atoms with Crippen LogP contribution >= 0.6 is 24.0 Å². The molecule has 1 saturated heterocycles. The molecular weight excluding hydrogens is 338 g/mol. The topological polar surface area (TPSA) is 49.4 Å². The van der Waals surface area contributed by atoms with Gasteiger partial charge in [0.1, 0.15) is 5.82 Å². The van der Waals surface area contributed by atoms with E-state index in [1.54, 1.807) is 0 Å². The summed E-state index contributed by atoms with van der Waals surface area (Å²) >= 11 is 5.68. The van der Waals surface area contributed by atoms with E-state index in [4.69, 9.17) is 11.6 Å². The van der Waals surface area contributed by atoms with Crippen molar-refractivity contribution in [2.75, 3.05) is 13.1 Å². The van der Waals surface area contributed by atoms with E-state index in [1.807, 2.05) is 13.8 Å². The predicted octanol–water partition coefficient (Wildman–Crippen LogP) is 2.41. The molecule has 21 heavy (non-hydrogen) atoms. The third-order valence-electron chi connectivity index (χ3n) is 3.25. The first-order valence-corrected chi connectivity index (χ1v) is 8.44. The summed E-state index contributed by atoms with van der Waals surface area (Å²) in [6, 6.07) is 4.24. The van der Waals surface area contributed by atoms with Crippen LogP contribution in [0.4, 0.5) is 4.39 Å². The van der Waals surface area contributed by atoms with Gasteiger partial charge >= 0.3 is 0 Å². The van der Waals surface area contributed by atoms with E-state index in [0.29, 0.717) is 18.7 Å². The molecule has 0 aliphatic carbocycles. The van der Waals surface area contributed by atoms with Gasteiger partial charge in [-0.1, -0.05) is 17.7 Å². The summed E-state index contributed by atoms with van der Waals surface area (Å²) in [5, 5.41) is 3.23. The molecule has 0 aromatic heterocycles. The Morgan fingerprint density at radius 3 is 2.43 bits per heavy atom. The molecule has 0 bridgehead atoms. The molecule has 2 rings (SSSR count). The summed E-state index contributed by atoms with van der Waals surface area (Å²) in [4.78, 5) is 0. The standard InChI is InChI=1S/C13H18ClFN2O2S.ClH/c1-9-6-17(7-10(2)16-9)20(18,19)8-11-3-4-13(15)12(14)5-11;/h3-5,9-10,16H,6-8H2,1-2H3;1H. The Kier molecular flexibility index (Phi) is 6.43. The van der Waals surface area contributed by atoms with E-state index in [1.165, 1.54) is 22.5 Å². The van der Waals surface area contributed by atoms with Crippen LogP contribution in [0.15, 0.2) is 18.2 Å². The highest BCUT2D eigenvalue weighted by Crippen LogP contribution is 2.20. The van der Waals surface area contributed by atoms with Crippen LogP contribution in [0.1, 0.15) is 19.4 Å². The van der Waals surface area contributed by atoms with Crippen LogP contribution in [0.25, 0.3) is 0 Å². The number of benzene rings is 1. The molecule has 0 radical (unpaired) electrons. The maximum Gasteiger partial charge on any atom is 0.218 e. The Bertz CT molecular complexity index is 588. The average molecular weight is 357 g/mol. The van der Waals surface area contributed by atoms with Crippen molar-refractivity contribution in [1.29, 1.82) is 0 Å². The third-order valence-corrected chi connectivity index (χ3v) is 5.32. The summed E-state index contributed by atoms with van der Waals surface area (Å²) < 4.78 is 39.4. The van der Waals surface area contributed by atoms with Crippen molar-refractivity contribution in [3.8, 4) is 0 Å². The number of nitrogens with zero attached hydrogens (tertiary/aromatic N) is 1. The largest absolute Gasteiger partial charge is 0.309 e. The summed E-state index contributed by atoms with van der Waals surface area (Å²) in [6.45, 7) is 4.79. The quantitative estimate of drug-likeness (QED) is 0.904. The SMILES string of the molecule is CC1CN(S(=O)(=O)Cc2ccc(F)c(Cl)c2)CC(C)N1.Cl. The van der Waals surface area contributed by atoms with Crippen molar-refractivity contribution >= 4 is 34.0 Å². The molecule has 1 fully saturated rings.